The molecule has 0 saturated heterocycles. The summed E-state index contributed by atoms with van der Waals surface area (Å²) >= 11 is 0. The lowest BCUT2D eigenvalue weighted by Gasteiger charge is -2.18. The second-order valence-corrected chi connectivity index (χ2v) is 14.9. The van der Waals surface area contributed by atoms with E-state index >= 15 is 0 Å². The van der Waals surface area contributed by atoms with E-state index in [0.717, 1.165) is 57.8 Å². The number of allylic oxidation sites excluding steroid dienone is 18. The second-order valence-electron chi connectivity index (χ2n) is 13.4. The number of carbonyl (C=O) groups is 3. The number of phosphoric ester groups is 1. The largest absolute Gasteiger partial charge is 0.480 e. The lowest BCUT2D eigenvalue weighted by atomic mass is 10.2. The fourth-order valence-electron chi connectivity index (χ4n) is 4.81. The summed E-state index contributed by atoms with van der Waals surface area (Å²) < 4.78 is 26.7. The lowest BCUT2D eigenvalue weighted by Crippen LogP contribution is -2.43. The second kappa shape index (κ2) is 39.9. The van der Waals surface area contributed by atoms with E-state index in [0.29, 0.717) is 25.7 Å². The number of rotatable bonds is 37. The molecule has 0 aliphatic heterocycles. The third-order valence-electron chi connectivity index (χ3n) is 8.05. The molecule has 0 bridgehead atoms. The van der Waals surface area contributed by atoms with Crippen LogP contribution in [0.15, 0.2) is 109 Å². The van der Waals surface area contributed by atoms with Crippen molar-refractivity contribution < 1.29 is 47.8 Å². The van der Waals surface area contributed by atoms with Gasteiger partial charge in [0, 0.05) is 12.8 Å². The van der Waals surface area contributed by atoms with Gasteiger partial charge in [-0.15, -0.1) is 0 Å². The van der Waals surface area contributed by atoms with E-state index in [1.807, 2.05) is 24.3 Å². The minimum atomic E-state index is -4.79. The van der Waals surface area contributed by atoms with Crippen molar-refractivity contribution in [2.45, 2.75) is 142 Å². The Bertz CT molecular complexity index is 1390. The molecule has 0 spiro atoms. The fourth-order valence-corrected chi connectivity index (χ4v) is 5.58. The SMILES string of the molecule is CC/C=C\C/C=C\C/C=C\C/C=C\C/C=C\CCCC(=O)NC(COP(=O)(O)OCC(O)COC(=O)CCC/C=C\C/C=C\C/C=C\C/C=C\CCCCC)C(=O)O. The van der Waals surface area contributed by atoms with Gasteiger partial charge in [0.05, 0.1) is 13.2 Å². The van der Waals surface area contributed by atoms with Crippen molar-refractivity contribution in [1.29, 1.82) is 0 Å². The van der Waals surface area contributed by atoms with Crippen molar-refractivity contribution in [3.8, 4) is 0 Å². The molecule has 0 aromatic carbocycles. The molecule has 0 radical (unpaired) electrons. The number of phosphoric acid groups is 1. The van der Waals surface area contributed by atoms with Crippen molar-refractivity contribution in [2.24, 2.45) is 0 Å². The molecule has 11 nitrogen and oxygen atoms in total. The minimum absolute atomic E-state index is 0.0564. The summed E-state index contributed by atoms with van der Waals surface area (Å²) in [7, 11) is -4.79. The topological polar surface area (TPSA) is 169 Å². The van der Waals surface area contributed by atoms with E-state index in [1.54, 1.807) is 0 Å². The predicted octanol–water partition coefficient (Wildman–Crippen LogP) is 10.7. The van der Waals surface area contributed by atoms with Crippen molar-refractivity contribution in [3.05, 3.63) is 109 Å². The number of carboxylic acids is 1. The number of carboxylic acid groups (broad SMARTS) is 1. The first-order valence-electron chi connectivity index (χ1n) is 20.9. The Kier molecular flexibility index (Phi) is 37.3. The molecule has 0 heterocycles. The molecule has 0 aromatic rings. The summed E-state index contributed by atoms with van der Waals surface area (Å²) in [5.74, 6) is -2.54. The van der Waals surface area contributed by atoms with Crippen LogP contribution in [-0.2, 0) is 32.7 Å². The number of esters is 1. The molecule has 3 atom stereocenters. The smallest absolute Gasteiger partial charge is 0.472 e. The normalized spacial score (nSPS) is 14.8. The number of hydrogen-bond donors (Lipinski definition) is 4. The Morgan fingerprint density at radius 1 is 0.569 bits per heavy atom. The van der Waals surface area contributed by atoms with Crippen LogP contribution in [0.2, 0.25) is 0 Å². The number of ether oxygens (including phenoxy) is 1. The Balaban J connectivity index is 4.11. The van der Waals surface area contributed by atoms with Crippen molar-refractivity contribution in [2.75, 3.05) is 19.8 Å². The summed E-state index contributed by atoms with van der Waals surface area (Å²) in [6.45, 7) is 2.32. The lowest BCUT2D eigenvalue weighted by molar-refractivity contribution is -0.147. The molecular weight excluding hydrogens is 757 g/mol. The molecule has 0 fully saturated rings. The number of nitrogens with one attached hydrogen (secondary N) is 1. The number of carbonyl (C=O) groups excluding carboxylic acids is 2. The average molecular weight is 830 g/mol. The van der Waals surface area contributed by atoms with Gasteiger partial charge in [-0.2, -0.15) is 0 Å². The van der Waals surface area contributed by atoms with Crippen LogP contribution >= 0.6 is 7.82 Å². The van der Waals surface area contributed by atoms with E-state index < -0.39 is 57.6 Å². The number of hydrogen-bond acceptors (Lipinski definition) is 8. The van der Waals surface area contributed by atoms with E-state index in [4.69, 9.17) is 13.8 Å². The van der Waals surface area contributed by atoms with Crippen LogP contribution in [0.3, 0.4) is 0 Å². The maximum absolute atomic E-state index is 12.3. The summed E-state index contributed by atoms with van der Waals surface area (Å²) in [4.78, 5) is 45.8. The maximum Gasteiger partial charge on any atom is 0.472 e. The number of aliphatic hydroxyl groups excluding tert-OH is 1. The van der Waals surface area contributed by atoms with Crippen LogP contribution in [0, 0.1) is 0 Å². The first-order chi connectivity index (χ1) is 28.1. The Hall–Kier alpha value is -3.86. The van der Waals surface area contributed by atoms with Crippen molar-refractivity contribution in [1.82, 2.24) is 5.32 Å². The van der Waals surface area contributed by atoms with Gasteiger partial charge in [0.2, 0.25) is 5.91 Å². The van der Waals surface area contributed by atoms with Gasteiger partial charge in [0.1, 0.15) is 12.7 Å². The van der Waals surface area contributed by atoms with Gasteiger partial charge in [-0.05, 0) is 89.9 Å². The minimum Gasteiger partial charge on any atom is -0.480 e. The van der Waals surface area contributed by atoms with Crippen LogP contribution in [-0.4, -0.2) is 64.9 Å². The van der Waals surface area contributed by atoms with E-state index in [-0.39, 0.29) is 12.8 Å². The summed E-state index contributed by atoms with van der Waals surface area (Å²) in [5, 5.41) is 21.7. The predicted molar refractivity (Wildman–Crippen MR) is 235 cm³/mol. The first kappa shape index (κ1) is 54.1. The van der Waals surface area contributed by atoms with Crippen LogP contribution in [0.1, 0.15) is 129 Å². The molecule has 3 unspecified atom stereocenters. The molecule has 0 saturated carbocycles. The van der Waals surface area contributed by atoms with E-state index in [1.165, 1.54) is 19.3 Å². The highest BCUT2D eigenvalue weighted by atomic mass is 31.2. The van der Waals surface area contributed by atoms with E-state index in [9.17, 15) is 34.1 Å². The average Bonchev–Trinajstić information content (AvgIpc) is 3.20. The summed E-state index contributed by atoms with van der Waals surface area (Å²) in [5.41, 5.74) is 0. The van der Waals surface area contributed by atoms with Gasteiger partial charge in [-0.3, -0.25) is 18.6 Å². The Morgan fingerprint density at radius 3 is 1.43 bits per heavy atom. The maximum atomic E-state index is 12.3. The highest BCUT2D eigenvalue weighted by Gasteiger charge is 2.28. The zero-order valence-corrected chi connectivity index (χ0v) is 35.9. The molecular formula is C46H72NO10P. The van der Waals surface area contributed by atoms with E-state index in [2.05, 4.69) is 104 Å². The highest BCUT2D eigenvalue weighted by molar-refractivity contribution is 7.47. The number of aliphatic carboxylic acids is 1. The van der Waals surface area contributed by atoms with Gasteiger partial charge in [0.15, 0.2) is 6.04 Å². The van der Waals surface area contributed by atoms with Crippen LogP contribution in [0.5, 0.6) is 0 Å². The summed E-state index contributed by atoms with van der Waals surface area (Å²) in [6, 6.07) is -1.59. The molecule has 4 N–H and O–H groups in total. The molecule has 0 rings (SSSR count). The highest BCUT2D eigenvalue weighted by Crippen LogP contribution is 2.43. The third-order valence-corrected chi connectivity index (χ3v) is 9.00. The molecule has 58 heavy (non-hydrogen) atoms. The van der Waals surface area contributed by atoms with Gasteiger partial charge in [-0.1, -0.05) is 136 Å². The molecule has 0 aliphatic rings. The van der Waals surface area contributed by atoms with Gasteiger partial charge in [0.25, 0.3) is 0 Å². The standard InChI is InChI=1S/C46H72NO10P/c1-3-5-7-9-11-13-15-17-19-21-23-25-27-29-31-33-35-37-44(49)47-43(46(51)52)41-57-58(53,54)56-40-42(48)39-55-45(50)38-36-34-32-30-28-26-24-22-20-18-16-14-12-10-8-6-4-2/h5,7,11-14,17-20,23-26,29-32,42-43,48H,3-4,6,8-10,15-16,21-22,27-28,33-41H2,1-2H3,(H,47,49)(H,51,52)(H,53,54)/b7-5-,13-11-,14-12-,19-17-,20-18-,25-23-,26-24-,31-29-,32-30-. The number of aliphatic hydroxyl groups is 1. The fraction of sp³-hybridized carbons (Fsp3) is 0.543. The zero-order chi connectivity index (χ0) is 42.8. The van der Waals surface area contributed by atoms with Gasteiger partial charge in [-0.25, -0.2) is 9.36 Å². The first-order valence-corrected chi connectivity index (χ1v) is 22.4. The number of amides is 1. The zero-order valence-electron chi connectivity index (χ0n) is 35.0. The van der Waals surface area contributed by atoms with Gasteiger partial charge >= 0.3 is 19.8 Å². The number of unbranched alkanes of at least 4 members (excludes halogenated alkanes) is 5. The molecule has 12 heteroatoms. The van der Waals surface area contributed by atoms with Crippen molar-refractivity contribution >= 4 is 25.7 Å². The third kappa shape index (κ3) is 39.0. The molecule has 0 aromatic heterocycles. The molecule has 0 aliphatic carbocycles. The van der Waals surface area contributed by atoms with Crippen molar-refractivity contribution in [3.63, 3.8) is 0 Å². The molecule has 1 amide bonds. The quantitative estimate of drug-likeness (QED) is 0.0205. The monoisotopic (exact) mass is 829 g/mol. The molecule has 326 valence electrons. The van der Waals surface area contributed by atoms with Crippen LogP contribution in [0.4, 0.5) is 0 Å². The Labute approximate surface area is 348 Å². The van der Waals surface area contributed by atoms with Crippen LogP contribution < -0.4 is 5.32 Å². The Morgan fingerprint density at radius 2 is 0.983 bits per heavy atom. The summed E-state index contributed by atoms with van der Waals surface area (Å²) in [6.07, 6.45) is 51.3. The van der Waals surface area contributed by atoms with Crippen LogP contribution in [0.25, 0.3) is 0 Å². The van der Waals surface area contributed by atoms with Gasteiger partial charge < -0.3 is 25.2 Å².